The van der Waals surface area contributed by atoms with Crippen molar-refractivity contribution in [3.8, 4) is 0 Å². The molecule has 2 aromatic carbocycles. The average molecular weight is 348 g/mol. The molecule has 0 radical (unpaired) electrons. The van der Waals surface area contributed by atoms with E-state index in [9.17, 15) is 4.39 Å². The molecule has 1 aromatic heterocycles. The monoisotopic (exact) mass is 347 g/mol. The first-order chi connectivity index (χ1) is 11.0. The predicted octanol–water partition coefficient (Wildman–Crippen LogP) is 6.32. The number of rotatable bonds is 3. The SMILES string of the molecule is Cc1ccc(Cl)c(Cn2ccc3cc(C4CC4)cc(F)c32)c1Cl. The maximum absolute atomic E-state index is 14.6. The van der Waals surface area contributed by atoms with Crippen LogP contribution in [0, 0.1) is 12.7 Å². The fourth-order valence-electron chi connectivity index (χ4n) is 3.13. The molecule has 0 unspecified atom stereocenters. The third-order valence-electron chi connectivity index (χ3n) is 4.59. The first kappa shape index (κ1) is 15.0. The molecule has 1 aliphatic carbocycles. The van der Waals surface area contributed by atoms with E-state index in [2.05, 4.69) is 6.07 Å². The second kappa shape index (κ2) is 5.54. The lowest BCUT2D eigenvalue weighted by atomic mass is 10.1. The van der Waals surface area contributed by atoms with Gasteiger partial charge in [-0.15, -0.1) is 0 Å². The molecule has 0 spiro atoms. The Hall–Kier alpha value is -1.51. The summed E-state index contributed by atoms with van der Waals surface area (Å²) >= 11 is 12.7. The summed E-state index contributed by atoms with van der Waals surface area (Å²) in [6.45, 7) is 2.40. The van der Waals surface area contributed by atoms with Crippen LogP contribution in [0.15, 0.2) is 36.5 Å². The van der Waals surface area contributed by atoms with Gasteiger partial charge in [-0.3, -0.25) is 0 Å². The van der Waals surface area contributed by atoms with E-state index >= 15 is 0 Å². The summed E-state index contributed by atoms with van der Waals surface area (Å²) in [6, 6.07) is 9.47. The fraction of sp³-hybridized carbons (Fsp3) is 0.263. The van der Waals surface area contributed by atoms with Crippen LogP contribution < -0.4 is 0 Å². The number of halogens is 3. The second-order valence-corrected chi connectivity index (χ2v) is 7.10. The van der Waals surface area contributed by atoms with Crippen LogP contribution in [-0.4, -0.2) is 4.57 Å². The summed E-state index contributed by atoms with van der Waals surface area (Å²) < 4.78 is 16.5. The lowest BCUT2D eigenvalue weighted by Crippen LogP contribution is -2.02. The van der Waals surface area contributed by atoms with Crippen LogP contribution in [0.3, 0.4) is 0 Å². The van der Waals surface area contributed by atoms with Gasteiger partial charge in [-0.05, 0) is 61.1 Å². The number of aryl methyl sites for hydroxylation is 1. The summed E-state index contributed by atoms with van der Waals surface area (Å²) in [5, 5.41) is 2.19. The predicted molar refractivity (Wildman–Crippen MR) is 94.2 cm³/mol. The smallest absolute Gasteiger partial charge is 0.147 e. The highest BCUT2D eigenvalue weighted by Gasteiger charge is 2.25. The van der Waals surface area contributed by atoms with Crippen molar-refractivity contribution in [1.82, 2.24) is 4.57 Å². The number of nitrogens with zero attached hydrogens (tertiary/aromatic N) is 1. The Kier molecular flexibility index (Phi) is 3.62. The molecule has 0 bridgehead atoms. The molecule has 118 valence electrons. The van der Waals surface area contributed by atoms with Crippen LogP contribution in [0.2, 0.25) is 10.0 Å². The van der Waals surface area contributed by atoms with Crippen LogP contribution >= 0.6 is 23.2 Å². The Morgan fingerprint density at radius 2 is 1.96 bits per heavy atom. The van der Waals surface area contributed by atoms with Gasteiger partial charge in [0.1, 0.15) is 5.82 Å². The largest absolute Gasteiger partial charge is 0.341 e. The Balaban J connectivity index is 1.80. The van der Waals surface area contributed by atoms with Gasteiger partial charge in [-0.1, -0.05) is 29.3 Å². The van der Waals surface area contributed by atoms with Crippen LogP contribution in [-0.2, 0) is 6.54 Å². The first-order valence-corrected chi connectivity index (χ1v) is 8.52. The van der Waals surface area contributed by atoms with E-state index in [1.165, 1.54) is 12.8 Å². The molecule has 4 heteroatoms. The number of fused-ring (bicyclic) bond motifs is 1. The number of benzene rings is 2. The molecule has 4 rings (SSSR count). The molecule has 3 aromatic rings. The molecule has 1 nitrogen and oxygen atoms in total. The lowest BCUT2D eigenvalue weighted by Gasteiger charge is -2.12. The number of hydrogen-bond acceptors (Lipinski definition) is 0. The molecule has 1 aliphatic rings. The Bertz CT molecular complexity index is 909. The number of aromatic nitrogens is 1. The highest BCUT2D eigenvalue weighted by Crippen LogP contribution is 2.41. The zero-order valence-corrected chi connectivity index (χ0v) is 14.3. The summed E-state index contributed by atoms with van der Waals surface area (Å²) in [5.41, 5.74) is 3.53. The summed E-state index contributed by atoms with van der Waals surface area (Å²) in [7, 11) is 0. The molecule has 23 heavy (non-hydrogen) atoms. The Morgan fingerprint density at radius 1 is 1.17 bits per heavy atom. The van der Waals surface area contributed by atoms with E-state index in [0.717, 1.165) is 22.1 Å². The van der Waals surface area contributed by atoms with Gasteiger partial charge in [0.15, 0.2) is 0 Å². The second-order valence-electron chi connectivity index (χ2n) is 6.32. The minimum Gasteiger partial charge on any atom is -0.341 e. The number of hydrogen-bond donors (Lipinski definition) is 0. The molecule has 1 fully saturated rings. The van der Waals surface area contributed by atoms with Gasteiger partial charge in [0.05, 0.1) is 12.1 Å². The summed E-state index contributed by atoms with van der Waals surface area (Å²) in [5.74, 6) is 0.368. The minimum atomic E-state index is -0.172. The van der Waals surface area contributed by atoms with Crippen molar-refractivity contribution in [2.75, 3.05) is 0 Å². The van der Waals surface area contributed by atoms with Crippen LogP contribution in [0.5, 0.6) is 0 Å². The van der Waals surface area contributed by atoms with Crippen molar-refractivity contribution < 1.29 is 4.39 Å². The van der Waals surface area contributed by atoms with Crippen molar-refractivity contribution in [1.29, 1.82) is 0 Å². The summed E-state index contributed by atoms with van der Waals surface area (Å²) in [6.07, 6.45) is 4.24. The average Bonchev–Trinajstić information content (AvgIpc) is 3.29. The molecular weight excluding hydrogens is 332 g/mol. The lowest BCUT2D eigenvalue weighted by molar-refractivity contribution is 0.626. The van der Waals surface area contributed by atoms with Crippen molar-refractivity contribution in [3.63, 3.8) is 0 Å². The third-order valence-corrected chi connectivity index (χ3v) is 5.47. The zero-order chi connectivity index (χ0) is 16.1. The van der Waals surface area contributed by atoms with E-state index in [1.807, 2.05) is 35.9 Å². The van der Waals surface area contributed by atoms with E-state index in [4.69, 9.17) is 23.2 Å². The molecule has 0 N–H and O–H groups in total. The fourth-order valence-corrected chi connectivity index (χ4v) is 3.62. The van der Waals surface area contributed by atoms with Crippen LogP contribution in [0.25, 0.3) is 10.9 Å². The Labute approximate surface area is 144 Å². The maximum atomic E-state index is 14.6. The standard InChI is InChI=1S/C19H16Cl2FN/c1-11-2-5-16(20)15(18(11)21)10-23-7-6-13-8-14(12-3-4-12)9-17(22)19(13)23/h2,5-9,12H,3-4,10H2,1H3. The quantitative estimate of drug-likeness (QED) is 0.522. The van der Waals surface area contributed by atoms with Gasteiger partial charge in [0.2, 0.25) is 0 Å². The molecule has 1 saturated carbocycles. The molecule has 0 atom stereocenters. The van der Waals surface area contributed by atoms with Gasteiger partial charge in [-0.25, -0.2) is 4.39 Å². The van der Waals surface area contributed by atoms with Crippen molar-refractivity contribution in [3.05, 3.63) is 69.1 Å². The first-order valence-electron chi connectivity index (χ1n) is 7.76. The molecule has 1 heterocycles. The van der Waals surface area contributed by atoms with Gasteiger partial charge >= 0.3 is 0 Å². The normalized spacial score (nSPS) is 14.6. The topological polar surface area (TPSA) is 4.93 Å². The molecule has 0 aliphatic heterocycles. The highest BCUT2D eigenvalue weighted by molar-refractivity contribution is 6.36. The van der Waals surface area contributed by atoms with E-state index < -0.39 is 0 Å². The van der Waals surface area contributed by atoms with E-state index in [0.29, 0.717) is 28.0 Å². The molecular formula is C19H16Cl2FN. The van der Waals surface area contributed by atoms with E-state index in [-0.39, 0.29) is 5.82 Å². The van der Waals surface area contributed by atoms with Gasteiger partial charge < -0.3 is 4.57 Å². The summed E-state index contributed by atoms with van der Waals surface area (Å²) in [4.78, 5) is 0. The van der Waals surface area contributed by atoms with Gasteiger partial charge in [-0.2, -0.15) is 0 Å². The van der Waals surface area contributed by atoms with Crippen molar-refractivity contribution in [2.24, 2.45) is 0 Å². The zero-order valence-electron chi connectivity index (χ0n) is 12.7. The van der Waals surface area contributed by atoms with Gasteiger partial charge in [0.25, 0.3) is 0 Å². The van der Waals surface area contributed by atoms with Crippen LogP contribution in [0.1, 0.15) is 35.4 Å². The highest BCUT2D eigenvalue weighted by atomic mass is 35.5. The Morgan fingerprint density at radius 3 is 2.70 bits per heavy atom. The van der Waals surface area contributed by atoms with Crippen LogP contribution in [0.4, 0.5) is 4.39 Å². The van der Waals surface area contributed by atoms with Gasteiger partial charge in [0, 0.05) is 27.2 Å². The van der Waals surface area contributed by atoms with Crippen molar-refractivity contribution >= 4 is 34.1 Å². The third kappa shape index (κ3) is 2.64. The van der Waals surface area contributed by atoms with Crippen molar-refractivity contribution in [2.45, 2.75) is 32.2 Å². The van der Waals surface area contributed by atoms with E-state index in [1.54, 1.807) is 6.07 Å². The molecule has 0 amide bonds. The minimum absolute atomic E-state index is 0.172. The molecule has 0 saturated heterocycles. The maximum Gasteiger partial charge on any atom is 0.147 e.